The van der Waals surface area contributed by atoms with Gasteiger partial charge in [-0.15, -0.1) is 0 Å². The van der Waals surface area contributed by atoms with E-state index < -0.39 is 0 Å². The Balaban J connectivity index is 2.00. The van der Waals surface area contributed by atoms with Crippen molar-refractivity contribution in [1.82, 2.24) is 5.06 Å². The molecule has 0 heterocycles. The average molecular weight is 235 g/mol. The molecule has 4 heteroatoms. The minimum atomic E-state index is 0.0494. The zero-order valence-corrected chi connectivity index (χ0v) is 10.3. The second-order valence-electron chi connectivity index (χ2n) is 4.24. The molecule has 17 heavy (non-hydrogen) atoms. The van der Waals surface area contributed by atoms with E-state index in [1.807, 2.05) is 24.3 Å². The topological polar surface area (TPSA) is 38.8 Å². The lowest BCUT2D eigenvalue weighted by molar-refractivity contribution is -0.170. The predicted octanol–water partition coefficient (Wildman–Crippen LogP) is 1.82. The highest BCUT2D eigenvalue weighted by Crippen LogP contribution is 2.48. The number of carbonyl (C=O) groups is 1. The van der Waals surface area contributed by atoms with Gasteiger partial charge in [-0.3, -0.25) is 9.63 Å². The second-order valence-corrected chi connectivity index (χ2v) is 4.24. The highest BCUT2D eigenvalue weighted by Gasteiger charge is 2.45. The van der Waals surface area contributed by atoms with E-state index in [4.69, 9.17) is 9.57 Å². The molecule has 1 aliphatic rings. The Morgan fingerprint density at radius 3 is 2.47 bits per heavy atom. The van der Waals surface area contributed by atoms with Crippen LogP contribution in [-0.4, -0.2) is 32.2 Å². The van der Waals surface area contributed by atoms with Gasteiger partial charge in [0.2, 0.25) is 5.91 Å². The van der Waals surface area contributed by atoms with Crippen molar-refractivity contribution in [3.63, 3.8) is 0 Å². The molecule has 0 spiro atoms. The van der Waals surface area contributed by atoms with Crippen LogP contribution in [0.2, 0.25) is 0 Å². The Morgan fingerprint density at radius 2 is 1.94 bits per heavy atom. The summed E-state index contributed by atoms with van der Waals surface area (Å²) in [5.74, 6) is 1.28. The van der Waals surface area contributed by atoms with E-state index in [0.717, 1.165) is 12.2 Å². The molecule has 1 saturated carbocycles. The molecule has 0 aromatic heterocycles. The van der Waals surface area contributed by atoms with Crippen LogP contribution in [-0.2, 0) is 9.63 Å². The van der Waals surface area contributed by atoms with Crippen molar-refractivity contribution in [3.05, 3.63) is 29.8 Å². The summed E-state index contributed by atoms with van der Waals surface area (Å²) in [5.41, 5.74) is 1.19. The zero-order valence-electron chi connectivity index (χ0n) is 10.3. The molecule has 0 bridgehead atoms. The first-order valence-electron chi connectivity index (χ1n) is 5.63. The summed E-state index contributed by atoms with van der Waals surface area (Å²) >= 11 is 0. The molecule has 1 aromatic rings. The fourth-order valence-electron chi connectivity index (χ4n) is 2.01. The number of carbonyl (C=O) groups excluding carboxylic acids is 1. The predicted molar refractivity (Wildman–Crippen MR) is 63.6 cm³/mol. The summed E-state index contributed by atoms with van der Waals surface area (Å²) in [7, 11) is 4.79. The van der Waals surface area contributed by atoms with Gasteiger partial charge in [-0.05, 0) is 30.0 Å². The van der Waals surface area contributed by atoms with Crippen molar-refractivity contribution >= 4 is 5.91 Å². The van der Waals surface area contributed by atoms with E-state index in [1.165, 1.54) is 17.7 Å². The molecule has 4 nitrogen and oxygen atoms in total. The summed E-state index contributed by atoms with van der Waals surface area (Å²) in [5, 5.41) is 1.30. The number of methoxy groups -OCH3 is 1. The third-order valence-corrected chi connectivity index (χ3v) is 3.24. The lowest BCUT2D eigenvalue weighted by atomic mass is 10.1. The number of rotatable bonds is 4. The molecule has 0 saturated heterocycles. The maximum atomic E-state index is 11.8. The van der Waals surface area contributed by atoms with Crippen molar-refractivity contribution in [2.24, 2.45) is 5.92 Å². The minimum absolute atomic E-state index is 0.0494. The van der Waals surface area contributed by atoms with E-state index >= 15 is 0 Å². The Hall–Kier alpha value is -1.55. The first-order chi connectivity index (χ1) is 8.17. The summed E-state index contributed by atoms with van der Waals surface area (Å²) in [4.78, 5) is 16.7. The van der Waals surface area contributed by atoms with E-state index in [2.05, 4.69) is 0 Å². The number of hydrogen-bond donors (Lipinski definition) is 0. The highest BCUT2D eigenvalue weighted by atomic mass is 16.7. The highest BCUT2D eigenvalue weighted by molar-refractivity contribution is 5.81. The molecule has 2 unspecified atom stereocenters. The Kier molecular flexibility index (Phi) is 3.33. The molecule has 2 atom stereocenters. The SMILES string of the molecule is COc1ccc(C2CC2C(=O)N(C)OC)cc1. The van der Waals surface area contributed by atoms with Crippen molar-refractivity contribution < 1.29 is 14.4 Å². The summed E-state index contributed by atoms with van der Waals surface area (Å²) in [6, 6.07) is 7.89. The lowest BCUT2D eigenvalue weighted by Crippen LogP contribution is -2.27. The van der Waals surface area contributed by atoms with E-state index in [-0.39, 0.29) is 11.8 Å². The third-order valence-electron chi connectivity index (χ3n) is 3.24. The molecule has 2 rings (SSSR count). The molecule has 1 aromatic carbocycles. The first-order valence-corrected chi connectivity index (χ1v) is 5.63. The number of hydrogen-bond acceptors (Lipinski definition) is 3. The lowest BCUT2D eigenvalue weighted by Gasteiger charge is -2.13. The van der Waals surface area contributed by atoms with Gasteiger partial charge < -0.3 is 4.74 Å². The van der Waals surface area contributed by atoms with Crippen LogP contribution in [0.5, 0.6) is 5.75 Å². The van der Waals surface area contributed by atoms with Gasteiger partial charge >= 0.3 is 0 Å². The number of hydroxylamine groups is 2. The molecule has 1 fully saturated rings. The number of benzene rings is 1. The largest absolute Gasteiger partial charge is 0.497 e. The van der Waals surface area contributed by atoms with Gasteiger partial charge in [-0.2, -0.15) is 0 Å². The average Bonchev–Trinajstić information content (AvgIpc) is 3.17. The first kappa shape index (κ1) is 11.9. The van der Waals surface area contributed by atoms with Crippen LogP contribution in [0.25, 0.3) is 0 Å². The van der Waals surface area contributed by atoms with Gasteiger partial charge in [-0.1, -0.05) is 12.1 Å². The maximum absolute atomic E-state index is 11.8. The number of amides is 1. The van der Waals surface area contributed by atoms with Gasteiger partial charge in [0.05, 0.1) is 14.2 Å². The molecule has 0 aliphatic heterocycles. The van der Waals surface area contributed by atoms with Gasteiger partial charge in [-0.25, -0.2) is 5.06 Å². The zero-order chi connectivity index (χ0) is 12.4. The van der Waals surface area contributed by atoms with Gasteiger partial charge in [0.25, 0.3) is 0 Å². The fourth-order valence-corrected chi connectivity index (χ4v) is 2.01. The summed E-state index contributed by atoms with van der Waals surface area (Å²) in [6.45, 7) is 0. The van der Waals surface area contributed by atoms with Crippen LogP contribution in [0, 0.1) is 5.92 Å². The molecule has 92 valence electrons. The van der Waals surface area contributed by atoms with Crippen molar-refractivity contribution in [2.75, 3.05) is 21.3 Å². The quantitative estimate of drug-likeness (QED) is 0.747. The van der Waals surface area contributed by atoms with Gasteiger partial charge in [0.1, 0.15) is 5.75 Å². The maximum Gasteiger partial charge on any atom is 0.249 e. The van der Waals surface area contributed by atoms with E-state index in [1.54, 1.807) is 14.2 Å². The Morgan fingerprint density at radius 1 is 1.29 bits per heavy atom. The van der Waals surface area contributed by atoms with Crippen LogP contribution in [0.1, 0.15) is 17.9 Å². The van der Waals surface area contributed by atoms with Gasteiger partial charge in [0.15, 0.2) is 0 Å². The van der Waals surface area contributed by atoms with Crippen LogP contribution in [0.4, 0.5) is 0 Å². The number of nitrogens with zero attached hydrogens (tertiary/aromatic N) is 1. The fraction of sp³-hybridized carbons (Fsp3) is 0.462. The van der Waals surface area contributed by atoms with Crippen molar-refractivity contribution in [1.29, 1.82) is 0 Å². The Labute approximate surface area is 101 Å². The van der Waals surface area contributed by atoms with Gasteiger partial charge in [0, 0.05) is 13.0 Å². The number of ether oxygens (including phenoxy) is 1. The summed E-state index contributed by atoms with van der Waals surface area (Å²) < 4.78 is 5.10. The monoisotopic (exact) mass is 235 g/mol. The van der Waals surface area contributed by atoms with Crippen molar-refractivity contribution in [2.45, 2.75) is 12.3 Å². The van der Waals surface area contributed by atoms with Crippen LogP contribution in [0.3, 0.4) is 0 Å². The second kappa shape index (κ2) is 4.75. The third kappa shape index (κ3) is 2.42. The van der Waals surface area contributed by atoms with Crippen LogP contribution in [0.15, 0.2) is 24.3 Å². The Bertz CT molecular complexity index is 402. The molecule has 0 radical (unpaired) electrons. The van der Waals surface area contributed by atoms with Crippen LogP contribution >= 0.6 is 0 Å². The van der Waals surface area contributed by atoms with Crippen LogP contribution < -0.4 is 4.74 Å². The summed E-state index contributed by atoms with van der Waals surface area (Å²) in [6.07, 6.45) is 0.902. The minimum Gasteiger partial charge on any atom is -0.497 e. The normalized spacial score (nSPS) is 22.1. The van der Waals surface area contributed by atoms with E-state index in [9.17, 15) is 4.79 Å². The molecular formula is C13H17NO3. The molecule has 1 aliphatic carbocycles. The smallest absolute Gasteiger partial charge is 0.249 e. The van der Waals surface area contributed by atoms with E-state index in [0.29, 0.717) is 5.92 Å². The molecule has 0 N–H and O–H groups in total. The van der Waals surface area contributed by atoms with Crippen molar-refractivity contribution in [3.8, 4) is 5.75 Å². The molecule has 1 amide bonds. The standard InChI is InChI=1S/C13H17NO3/c1-14(17-3)13(15)12-8-11(12)9-4-6-10(16-2)7-5-9/h4-7,11-12H,8H2,1-3H3. The molecular weight excluding hydrogens is 218 g/mol.